The largest absolute Gasteiger partial charge is 0.454 e. The highest BCUT2D eigenvalue weighted by Crippen LogP contribution is 2.36. The molecule has 3 aromatic rings. The van der Waals surface area contributed by atoms with E-state index in [1.165, 1.54) is 11.3 Å². The maximum atomic E-state index is 9.51. The summed E-state index contributed by atoms with van der Waals surface area (Å²) in [6.07, 6.45) is 1.64. The van der Waals surface area contributed by atoms with Gasteiger partial charge in [-0.15, -0.1) is 11.3 Å². The van der Waals surface area contributed by atoms with Crippen LogP contribution in [0.3, 0.4) is 0 Å². The van der Waals surface area contributed by atoms with Crippen molar-refractivity contribution in [3.05, 3.63) is 63.6 Å². The van der Waals surface area contributed by atoms with Gasteiger partial charge in [-0.25, -0.2) is 4.98 Å². The maximum absolute atomic E-state index is 9.51. The van der Waals surface area contributed by atoms with Gasteiger partial charge in [0.05, 0.1) is 5.69 Å². The molecule has 2 heterocycles. The minimum Gasteiger partial charge on any atom is -0.454 e. The number of benzene rings is 2. The predicted octanol–water partition coefficient (Wildman–Crippen LogP) is 5.48. The van der Waals surface area contributed by atoms with Gasteiger partial charge >= 0.3 is 0 Å². The number of thiazole rings is 1. The molecule has 5 nitrogen and oxygen atoms in total. The topological polar surface area (TPSA) is 67.2 Å². The first-order chi connectivity index (χ1) is 13.1. The first-order valence-corrected chi connectivity index (χ1v) is 9.38. The normalized spacial score (nSPS) is 12.7. The molecule has 0 saturated heterocycles. The van der Waals surface area contributed by atoms with Gasteiger partial charge in [-0.3, -0.25) is 0 Å². The second kappa shape index (κ2) is 7.31. The molecule has 2 aromatic carbocycles. The first-order valence-electron chi connectivity index (χ1n) is 8.13. The Morgan fingerprint density at radius 1 is 1.26 bits per heavy atom. The molecule has 0 aliphatic carbocycles. The molecular weight excluding hydrogens is 382 g/mol. The van der Waals surface area contributed by atoms with Crippen molar-refractivity contribution in [2.24, 2.45) is 0 Å². The second-order valence-corrected chi connectivity index (χ2v) is 7.15. The molecule has 0 spiro atoms. The SMILES string of the molecule is Cc1ccc(N/C=C(/C#N)c2nc(-c3ccc4c(c3)OCO4)cs2)cc1Cl. The monoisotopic (exact) mass is 395 g/mol. The fraction of sp³-hybridized carbons (Fsp3) is 0.100. The summed E-state index contributed by atoms with van der Waals surface area (Å²) in [4.78, 5) is 4.59. The van der Waals surface area contributed by atoms with E-state index in [1.54, 1.807) is 6.20 Å². The Labute approximate surface area is 165 Å². The summed E-state index contributed by atoms with van der Waals surface area (Å²) in [7, 11) is 0. The molecule has 0 unspecified atom stereocenters. The van der Waals surface area contributed by atoms with Crippen molar-refractivity contribution in [3.8, 4) is 28.8 Å². The van der Waals surface area contributed by atoms with Gasteiger partial charge in [0, 0.05) is 27.9 Å². The summed E-state index contributed by atoms with van der Waals surface area (Å²) in [5, 5.41) is 15.8. The Morgan fingerprint density at radius 3 is 2.93 bits per heavy atom. The second-order valence-electron chi connectivity index (χ2n) is 5.88. The van der Waals surface area contributed by atoms with Crippen molar-refractivity contribution in [2.45, 2.75) is 6.92 Å². The average Bonchev–Trinajstić information content (AvgIpc) is 3.34. The number of hydrogen-bond donors (Lipinski definition) is 1. The van der Waals surface area contributed by atoms with Gasteiger partial charge in [-0.05, 0) is 42.8 Å². The van der Waals surface area contributed by atoms with Crippen LogP contribution in [-0.2, 0) is 0 Å². The van der Waals surface area contributed by atoms with Crippen LogP contribution in [0.1, 0.15) is 10.6 Å². The number of allylic oxidation sites excluding steroid dienone is 1. The van der Waals surface area contributed by atoms with Crippen LogP contribution >= 0.6 is 22.9 Å². The molecule has 0 radical (unpaired) electrons. The summed E-state index contributed by atoms with van der Waals surface area (Å²) in [5.74, 6) is 1.43. The molecule has 0 fully saturated rings. The number of nitriles is 1. The molecule has 0 saturated carbocycles. The Bertz CT molecular complexity index is 1090. The summed E-state index contributed by atoms with van der Waals surface area (Å²) in [6, 6.07) is 13.5. The average molecular weight is 396 g/mol. The highest BCUT2D eigenvalue weighted by Gasteiger charge is 2.16. The lowest BCUT2D eigenvalue weighted by Crippen LogP contribution is -1.92. The number of hydrogen-bond acceptors (Lipinski definition) is 6. The van der Waals surface area contributed by atoms with Gasteiger partial charge in [-0.1, -0.05) is 17.7 Å². The fourth-order valence-corrected chi connectivity index (χ4v) is 3.54. The smallest absolute Gasteiger partial charge is 0.231 e. The van der Waals surface area contributed by atoms with Crippen LogP contribution < -0.4 is 14.8 Å². The number of nitrogens with zero attached hydrogens (tertiary/aromatic N) is 2. The summed E-state index contributed by atoms with van der Waals surface area (Å²) < 4.78 is 10.7. The summed E-state index contributed by atoms with van der Waals surface area (Å²) in [5.41, 5.74) is 3.96. The number of aryl methyl sites for hydroxylation is 1. The van der Waals surface area contributed by atoms with E-state index in [-0.39, 0.29) is 6.79 Å². The fourth-order valence-electron chi connectivity index (χ4n) is 2.57. The van der Waals surface area contributed by atoms with Crippen LogP contribution in [0.5, 0.6) is 11.5 Å². The first kappa shape index (κ1) is 17.4. The highest BCUT2D eigenvalue weighted by molar-refractivity contribution is 7.11. The Balaban J connectivity index is 1.57. The van der Waals surface area contributed by atoms with Gasteiger partial charge in [-0.2, -0.15) is 5.26 Å². The Morgan fingerprint density at radius 2 is 2.11 bits per heavy atom. The molecule has 7 heteroatoms. The standard InChI is InChI=1S/C20H14ClN3O2S/c1-12-2-4-15(7-16(12)21)23-9-14(8-22)20-24-17(10-27-20)13-3-5-18-19(6-13)26-11-25-18/h2-7,9-10,23H,11H2,1H3/b14-9-. The van der Waals surface area contributed by atoms with Crippen molar-refractivity contribution in [1.82, 2.24) is 4.98 Å². The zero-order valence-corrected chi connectivity index (χ0v) is 15.9. The van der Waals surface area contributed by atoms with E-state index in [2.05, 4.69) is 16.4 Å². The van der Waals surface area contributed by atoms with E-state index in [9.17, 15) is 5.26 Å². The quantitative estimate of drug-likeness (QED) is 0.592. The lowest BCUT2D eigenvalue weighted by atomic mass is 10.1. The van der Waals surface area contributed by atoms with E-state index < -0.39 is 0 Å². The van der Waals surface area contributed by atoms with Crippen molar-refractivity contribution in [2.75, 3.05) is 12.1 Å². The number of nitrogens with one attached hydrogen (secondary N) is 1. The number of ether oxygens (including phenoxy) is 2. The third kappa shape index (κ3) is 3.61. The van der Waals surface area contributed by atoms with Gasteiger partial charge in [0.25, 0.3) is 0 Å². The van der Waals surface area contributed by atoms with E-state index >= 15 is 0 Å². The zero-order chi connectivity index (χ0) is 18.8. The molecule has 1 N–H and O–H groups in total. The van der Waals surface area contributed by atoms with Gasteiger partial charge in [0.1, 0.15) is 16.6 Å². The molecule has 4 rings (SSSR count). The van der Waals surface area contributed by atoms with Crippen LogP contribution in [0.2, 0.25) is 5.02 Å². The van der Waals surface area contributed by atoms with Gasteiger partial charge in [0.2, 0.25) is 6.79 Å². The summed E-state index contributed by atoms with van der Waals surface area (Å²) >= 11 is 7.55. The molecular formula is C20H14ClN3O2S. The van der Waals surface area contributed by atoms with Crippen LogP contribution in [0.15, 0.2) is 48.0 Å². The number of rotatable bonds is 4. The van der Waals surface area contributed by atoms with E-state index in [0.717, 1.165) is 28.3 Å². The number of anilines is 1. The Kier molecular flexibility index (Phi) is 4.71. The molecule has 27 heavy (non-hydrogen) atoms. The van der Waals surface area contributed by atoms with Crippen molar-refractivity contribution >= 4 is 34.2 Å². The van der Waals surface area contributed by atoms with Gasteiger partial charge < -0.3 is 14.8 Å². The molecule has 1 aliphatic rings. The molecule has 0 bridgehead atoms. The molecule has 0 atom stereocenters. The predicted molar refractivity (Wildman–Crippen MR) is 107 cm³/mol. The highest BCUT2D eigenvalue weighted by atomic mass is 35.5. The molecule has 134 valence electrons. The lowest BCUT2D eigenvalue weighted by Gasteiger charge is -2.04. The number of fused-ring (bicyclic) bond motifs is 1. The third-order valence-electron chi connectivity index (χ3n) is 4.08. The van der Waals surface area contributed by atoms with Crippen molar-refractivity contribution in [3.63, 3.8) is 0 Å². The minimum atomic E-state index is 0.233. The lowest BCUT2D eigenvalue weighted by molar-refractivity contribution is 0.174. The number of aromatic nitrogens is 1. The maximum Gasteiger partial charge on any atom is 0.231 e. The van der Waals surface area contributed by atoms with Crippen LogP contribution in [-0.4, -0.2) is 11.8 Å². The van der Waals surface area contributed by atoms with Crippen LogP contribution in [0, 0.1) is 18.3 Å². The summed E-state index contributed by atoms with van der Waals surface area (Å²) in [6.45, 7) is 2.17. The molecule has 0 amide bonds. The molecule has 1 aromatic heterocycles. The number of halogens is 1. The molecule has 1 aliphatic heterocycles. The van der Waals surface area contributed by atoms with Crippen molar-refractivity contribution < 1.29 is 9.47 Å². The van der Waals surface area contributed by atoms with E-state index in [0.29, 0.717) is 21.4 Å². The van der Waals surface area contributed by atoms with Crippen LogP contribution in [0.25, 0.3) is 16.8 Å². The zero-order valence-electron chi connectivity index (χ0n) is 14.3. The van der Waals surface area contributed by atoms with Crippen molar-refractivity contribution in [1.29, 1.82) is 5.26 Å². The van der Waals surface area contributed by atoms with E-state index in [1.807, 2.05) is 48.7 Å². The van der Waals surface area contributed by atoms with Crippen LogP contribution in [0.4, 0.5) is 5.69 Å². The van der Waals surface area contributed by atoms with E-state index in [4.69, 9.17) is 21.1 Å². The van der Waals surface area contributed by atoms with Gasteiger partial charge in [0.15, 0.2) is 11.5 Å². The minimum absolute atomic E-state index is 0.233. The third-order valence-corrected chi connectivity index (χ3v) is 5.36. The Hall–Kier alpha value is -3.01.